The Labute approximate surface area is 166 Å². The molecular formula is C25H17NOS. The van der Waals surface area contributed by atoms with Crippen LogP contribution < -0.4 is 0 Å². The minimum absolute atomic E-state index is 0.892. The number of benzene rings is 3. The van der Waals surface area contributed by atoms with Gasteiger partial charge in [-0.3, -0.25) is 4.98 Å². The molecule has 2 nitrogen and oxygen atoms in total. The molecule has 0 saturated heterocycles. The van der Waals surface area contributed by atoms with Crippen LogP contribution in [0.1, 0.15) is 11.1 Å². The predicted molar refractivity (Wildman–Crippen MR) is 119 cm³/mol. The summed E-state index contributed by atoms with van der Waals surface area (Å²) < 4.78 is 8.80. The first-order chi connectivity index (χ1) is 13.7. The molecule has 0 bridgehead atoms. The summed E-state index contributed by atoms with van der Waals surface area (Å²) in [5.74, 6) is 0. The van der Waals surface area contributed by atoms with E-state index in [2.05, 4.69) is 74.5 Å². The highest BCUT2D eigenvalue weighted by atomic mass is 32.1. The zero-order chi connectivity index (χ0) is 18.8. The molecule has 0 N–H and O–H groups in total. The van der Waals surface area contributed by atoms with E-state index in [4.69, 9.17) is 9.40 Å². The average Bonchev–Trinajstić information content (AvgIpc) is 3.25. The molecule has 134 valence electrons. The van der Waals surface area contributed by atoms with Gasteiger partial charge < -0.3 is 4.42 Å². The third kappa shape index (κ3) is 2.17. The lowest BCUT2D eigenvalue weighted by molar-refractivity contribution is 0.665. The fourth-order valence-electron chi connectivity index (χ4n) is 4.09. The van der Waals surface area contributed by atoms with Gasteiger partial charge in [0.1, 0.15) is 11.2 Å². The number of pyridine rings is 1. The highest BCUT2D eigenvalue weighted by Crippen LogP contribution is 2.40. The van der Waals surface area contributed by atoms with E-state index in [1.54, 1.807) is 0 Å². The summed E-state index contributed by atoms with van der Waals surface area (Å²) in [4.78, 5) is 4.81. The minimum Gasteiger partial charge on any atom is -0.456 e. The molecule has 0 unspecified atom stereocenters. The summed E-state index contributed by atoms with van der Waals surface area (Å²) >= 11 is 1.84. The molecule has 6 aromatic rings. The lowest BCUT2D eigenvalue weighted by Crippen LogP contribution is -1.83. The third-order valence-electron chi connectivity index (χ3n) is 5.51. The molecule has 3 aromatic heterocycles. The summed E-state index contributed by atoms with van der Waals surface area (Å²) in [6.07, 6.45) is 1.95. The van der Waals surface area contributed by atoms with Gasteiger partial charge in [0.25, 0.3) is 0 Å². The molecule has 0 aliphatic heterocycles. The van der Waals surface area contributed by atoms with Crippen molar-refractivity contribution in [2.45, 2.75) is 13.8 Å². The second-order valence-corrected chi connectivity index (χ2v) is 8.46. The molecule has 0 aliphatic carbocycles. The van der Waals surface area contributed by atoms with Crippen molar-refractivity contribution in [3.05, 3.63) is 78.0 Å². The van der Waals surface area contributed by atoms with E-state index in [0.717, 1.165) is 38.8 Å². The first-order valence-corrected chi connectivity index (χ1v) is 10.2. The maximum Gasteiger partial charge on any atom is 0.139 e. The SMILES string of the molecule is Cc1ccc2c(c1)sc1c(-c3cc4oc5c(C)cccc5c4cn3)cccc12. The van der Waals surface area contributed by atoms with E-state index in [9.17, 15) is 0 Å². The zero-order valence-corrected chi connectivity index (χ0v) is 16.4. The first kappa shape index (κ1) is 15.8. The lowest BCUT2D eigenvalue weighted by Gasteiger charge is -2.02. The molecule has 0 spiro atoms. The van der Waals surface area contributed by atoms with Crippen LogP contribution in [0, 0.1) is 13.8 Å². The fraction of sp³-hybridized carbons (Fsp3) is 0.0800. The Balaban J connectivity index is 1.64. The number of thiophene rings is 1. The number of hydrogen-bond acceptors (Lipinski definition) is 3. The van der Waals surface area contributed by atoms with Crippen LogP contribution in [0.4, 0.5) is 0 Å². The summed E-state index contributed by atoms with van der Waals surface area (Å²) in [5.41, 5.74) is 6.40. The highest BCUT2D eigenvalue weighted by Gasteiger charge is 2.14. The molecule has 0 radical (unpaired) electrons. The summed E-state index contributed by atoms with van der Waals surface area (Å²) in [6, 6.07) is 21.5. The van der Waals surface area contributed by atoms with Gasteiger partial charge in [0, 0.05) is 48.8 Å². The van der Waals surface area contributed by atoms with E-state index >= 15 is 0 Å². The van der Waals surface area contributed by atoms with Crippen molar-refractivity contribution in [2.24, 2.45) is 0 Å². The first-order valence-electron chi connectivity index (χ1n) is 9.39. The minimum atomic E-state index is 0.892. The van der Waals surface area contributed by atoms with Crippen molar-refractivity contribution in [1.29, 1.82) is 0 Å². The number of aromatic nitrogens is 1. The van der Waals surface area contributed by atoms with Gasteiger partial charge >= 0.3 is 0 Å². The Morgan fingerprint density at radius 3 is 2.61 bits per heavy atom. The maximum atomic E-state index is 6.20. The van der Waals surface area contributed by atoms with Gasteiger partial charge in [-0.05, 0) is 31.0 Å². The predicted octanol–water partition coefficient (Wildman–Crippen LogP) is 7.63. The van der Waals surface area contributed by atoms with Gasteiger partial charge in [0.2, 0.25) is 0 Å². The number of rotatable bonds is 1. The molecule has 6 rings (SSSR count). The third-order valence-corrected chi connectivity index (χ3v) is 6.71. The van der Waals surface area contributed by atoms with Crippen LogP contribution in [0.5, 0.6) is 0 Å². The van der Waals surface area contributed by atoms with Crippen LogP contribution in [0.3, 0.4) is 0 Å². The van der Waals surface area contributed by atoms with Gasteiger partial charge in [-0.2, -0.15) is 0 Å². The summed E-state index contributed by atoms with van der Waals surface area (Å²) in [5, 5.41) is 4.80. The fourth-order valence-corrected chi connectivity index (χ4v) is 5.41. The monoisotopic (exact) mass is 379 g/mol. The molecule has 0 amide bonds. The Morgan fingerprint density at radius 2 is 1.68 bits per heavy atom. The smallest absolute Gasteiger partial charge is 0.139 e. The molecule has 3 heteroatoms. The Bertz CT molecular complexity index is 1540. The standard InChI is InChI=1S/C25H17NOS/c1-14-9-10-16-18-7-4-8-19(25(18)28-23(16)11-14)21-12-22-20(13-26-21)17-6-3-5-15(2)24(17)27-22/h3-13H,1-2H3. The van der Waals surface area contributed by atoms with Gasteiger partial charge in [-0.15, -0.1) is 11.3 Å². The summed E-state index contributed by atoms with van der Waals surface area (Å²) in [6.45, 7) is 4.22. The average molecular weight is 379 g/mol. The van der Waals surface area contributed by atoms with E-state index in [-0.39, 0.29) is 0 Å². The molecule has 3 aromatic carbocycles. The molecule has 0 aliphatic rings. The van der Waals surface area contributed by atoms with E-state index in [0.29, 0.717) is 0 Å². The Hall–Kier alpha value is -3.17. The lowest BCUT2D eigenvalue weighted by atomic mass is 10.1. The number of aryl methyl sites for hydroxylation is 2. The van der Waals surface area contributed by atoms with E-state index in [1.807, 2.05) is 17.5 Å². The number of furan rings is 1. The van der Waals surface area contributed by atoms with Crippen LogP contribution in [0.15, 0.2) is 71.3 Å². The largest absolute Gasteiger partial charge is 0.456 e. The van der Waals surface area contributed by atoms with E-state index in [1.165, 1.54) is 25.7 Å². The van der Waals surface area contributed by atoms with Crippen LogP contribution in [0.25, 0.3) is 53.4 Å². The molecule has 0 atom stereocenters. The number of nitrogens with zero attached hydrogens (tertiary/aromatic N) is 1. The zero-order valence-electron chi connectivity index (χ0n) is 15.6. The second-order valence-electron chi connectivity index (χ2n) is 7.40. The molecule has 3 heterocycles. The van der Waals surface area contributed by atoms with Crippen molar-refractivity contribution in [2.75, 3.05) is 0 Å². The van der Waals surface area contributed by atoms with Crippen molar-refractivity contribution in [3.8, 4) is 11.3 Å². The Morgan fingerprint density at radius 1 is 0.821 bits per heavy atom. The second kappa shape index (κ2) is 5.66. The van der Waals surface area contributed by atoms with Gasteiger partial charge in [-0.1, -0.05) is 48.5 Å². The van der Waals surface area contributed by atoms with Crippen molar-refractivity contribution >= 4 is 53.4 Å². The van der Waals surface area contributed by atoms with Crippen LogP contribution in [-0.4, -0.2) is 4.98 Å². The number of para-hydroxylation sites is 1. The molecule has 0 fully saturated rings. The van der Waals surface area contributed by atoms with Crippen molar-refractivity contribution in [3.63, 3.8) is 0 Å². The highest BCUT2D eigenvalue weighted by molar-refractivity contribution is 7.26. The van der Waals surface area contributed by atoms with Crippen LogP contribution in [0.2, 0.25) is 0 Å². The summed E-state index contributed by atoms with van der Waals surface area (Å²) in [7, 11) is 0. The Kier molecular flexibility index (Phi) is 3.21. The maximum absolute atomic E-state index is 6.20. The van der Waals surface area contributed by atoms with Crippen LogP contribution in [-0.2, 0) is 0 Å². The topological polar surface area (TPSA) is 26.0 Å². The van der Waals surface area contributed by atoms with Gasteiger partial charge in [0.15, 0.2) is 0 Å². The van der Waals surface area contributed by atoms with Gasteiger partial charge in [0.05, 0.1) is 5.69 Å². The molecule has 0 saturated carbocycles. The molecular weight excluding hydrogens is 362 g/mol. The van der Waals surface area contributed by atoms with E-state index < -0.39 is 0 Å². The molecule has 28 heavy (non-hydrogen) atoms. The van der Waals surface area contributed by atoms with Crippen molar-refractivity contribution in [1.82, 2.24) is 4.98 Å². The normalized spacial score (nSPS) is 11.9. The quantitative estimate of drug-likeness (QED) is 0.293. The van der Waals surface area contributed by atoms with Gasteiger partial charge in [-0.25, -0.2) is 0 Å². The number of fused-ring (bicyclic) bond motifs is 6. The van der Waals surface area contributed by atoms with Crippen molar-refractivity contribution < 1.29 is 4.42 Å². The van der Waals surface area contributed by atoms with Crippen LogP contribution >= 0.6 is 11.3 Å². The number of hydrogen-bond donors (Lipinski definition) is 0.